The predicted molar refractivity (Wildman–Crippen MR) is 136 cm³/mol. The number of aliphatic imine (C=N–C) groups is 1. The fourth-order valence-electron chi connectivity index (χ4n) is 3.47. The summed E-state index contributed by atoms with van der Waals surface area (Å²) in [7, 11) is 0. The lowest BCUT2D eigenvalue weighted by Crippen LogP contribution is -2.29. The lowest BCUT2D eigenvalue weighted by atomic mass is 10.1. The van der Waals surface area contributed by atoms with Gasteiger partial charge in [-0.2, -0.15) is 0 Å². The number of hydrogen-bond acceptors (Lipinski definition) is 5. The normalized spacial score (nSPS) is 16.1. The van der Waals surface area contributed by atoms with E-state index in [1.165, 1.54) is 11.8 Å². The van der Waals surface area contributed by atoms with Crippen molar-refractivity contribution in [1.82, 2.24) is 0 Å². The first-order valence-corrected chi connectivity index (χ1v) is 11.7. The van der Waals surface area contributed by atoms with Crippen molar-refractivity contribution in [3.05, 3.63) is 88.3 Å². The van der Waals surface area contributed by atoms with E-state index in [1.54, 1.807) is 23.1 Å². The zero-order valence-electron chi connectivity index (χ0n) is 18.9. The molecule has 0 aromatic heterocycles. The highest BCUT2D eigenvalue weighted by molar-refractivity contribution is 8.19. The van der Waals surface area contributed by atoms with Crippen LogP contribution in [-0.2, 0) is 4.79 Å². The van der Waals surface area contributed by atoms with E-state index in [2.05, 4.69) is 0 Å². The van der Waals surface area contributed by atoms with Gasteiger partial charge in [0.1, 0.15) is 0 Å². The number of phenols is 1. The van der Waals surface area contributed by atoms with Gasteiger partial charge in [-0.15, -0.1) is 0 Å². The van der Waals surface area contributed by atoms with Crippen LogP contribution in [0.3, 0.4) is 0 Å². The third-order valence-corrected chi connectivity index (χ3v) is 6.21. The van der Waals surface area contributed by atoms with E-state index < -0.39 is 0 Å². The summed E-state index contributed by atoms with van der Waals surface area (Å²) in [5.41, 5.74) is 4.44. The van der Waals surface area contributed by atoms with Gasteiger partial charge in [-0.25, -0.2) is 4.99 Å². The van der Waals surface area contributed by atoms with Gasteiger partial charge in [0.2, 0.25) is 0 Å². The SMILES string of the molecule is CCCOc1cc(/C=C2\S/C(=N\c3ccccc3C)N(c3ccccc3C)C2=O)ccc1O. The van der Waals surface area contributed by atoms with Crippen molar-refractivity contribution >= 4 is 40.3 Å². The summed E-state index contributed by atoms with van der Waals surface area (Å²) >= 11 is 1.34. The Hall–Kier alpha value is -3.51. The minimum atomic E-state index is -0.134. The number of benzene rings is 3. The van der Waals surface area contributed by atoms with Gasteiger partial charge < -0.3 is 9.84 Å². The predicted octanol–water partition coefficient (Wildman–Crippen LogP) is 6.61. The number of rotatable bonds is 6. The molecule has 0 bridgehead atoms. The number of thioether (sulfide) groups is 1. The van der Waals surface area contributed by atoms with Crippen molar-refractivity contribution in [3.63, 3.8) is 0 Å². The Bertz CT molecular complexity index is 1250. The zero-order valence-corrected chi connectivity index (χ0v) is 19.7. The number of hydrogen-bond donors (Lipinski definition) is 1. The number of amides is 1. The number of anilines is 1. The maximum absolute atomic E-state index is 13.5. The third kappa shape index (κ3) is 4.96. The molecular formula is C27H26N2O3S. The molecule has 1 N–H and O–H groups in total. The smallest absolute Gasteiger partial charge is 0.271 e. The van der Waals surface area contributed by atoms with Crippen LogP contribution in [0.4, 0.5) is 11.4 Å². The van der Waals surface area contributed by atoms with Gasteiger partial charge in [-0.05, 0) is 79.1 Å². The van der Waals surface area contributed by atoms with Crippen LogP contribution in [0.2, 0.25) is 0 Å². The average molecular weight is 459 g/mol. The van der Waals surface area contributed by atoms with Crippen LogP contribution in [-0.4, -0.2) is 22.8 Å². The number of para-hydroxylation sites is 2. The molecule has 6 heteroatoms. The van der Waals surface area contributed by atoms with Crippen LogP contribution < -0.4 is 9.64 Å². The van der Waals surface area contributed by atoms with Gasteiger partial charge in [-0.1, -0.05) is 49.4 Å². The summed E-state index contributed by atoms with van der Waals surface area (Å²) in [4.78, 5) is 20.6. The highest BCUT2D eigenvalue weighted by Gasteiger charge is 2.35. The van der Waals surface area contributed by atoms with Crippen molar-refractivity contribution in [2.24, 2.45) is 4.99 Å². The number of nitrogens with zero attached hydrogens (tertiary/aromatic N) is 2. The van der Waals surface area contributed by atoms with Crippen molar-refractivity contribution < 1.29 is 14.6 Å². The summed E-state index contributed by atoms with van der Waals surface area (Å²) in [6, 6.07) is 20.8. The Labute approximate surface area is 198 Å². The zero-order chi connectivity index (χ0) is 23.4. The first-order valence-electron chi connectivity index (χ1n) is 10.9. The number of amidine groups is 1. The maximum atomic E-state index is 13.5. The minimum Gasteiger partial charge on any atom is -0.504 e. The molecule has 0 atom stereocenters. The molecule has 0 aliphatic carbocycles. The summed E-state index contributed by atoms with van der Waals surface area (Å²) in [6.45, 7) is 6.50. The molecule has 3 aromatic carbocycles. The highest BCUT2D eigenvalue weighted by Crippen LogP contribution is 2.39. The molecule has 1 aliphatic rings. The molecule has 5 nitrogen and oxygen atoms in total. The van der Waals surface area contributed by atoms with Gasteiger partial charge in [0.25, 0.3) is 5.91 Å². The summed E-state index contributed by atoms with van der Waals surface area (Å²) < 4.78 is 5.63. The van der Waals surface area contributed by atoms with Crippen LogP contribution in [0.5, 0.6) is 11.5 Å². The quantitative estimate of drug-likeness (QED) is 0.422. The largest absolute Gasteiger partial charge is 0.504 e. The van der Waals surface area contributed by atoms with Gasteiger partial charge in [0, 0.05) is 0 Å². The summed E-state index contributed by atoms with van der Waals surface area (Å²) in [5.74, 6) is 0.358. The number of aryl methyl sites for hydroxylation is 2. The molecule has 1 saturated heterocycles. The van der Waals surface area contributed by atoms with Gasteiger partial charge in [0.15, 0.2) is 16.7 Å². The van der Waals surface area contributed by atoms with Crippen molar-refractivity contribution in [2.75, 3.05) is 11.5 Å². The third-order valence-electron chi connectivity index (χ3n) is 5.24. The fraction of sp³-hybridized carbons (Fsp3) is 0.185. The number of carbonyl (C=O) groups is 1. The van der Waals surface area contributed by atoms with E-state index in [0.29, 0.717) is 22.4 Å². The lowest BCUT2D eigenvalue weighted by molar-refractivity contribution is -0.113. The second-order valence-electron chi connectivity index (χ2n) is 7.79. The summed E-state index contributed by atoms with van der Waals surface area (Å²) in [6.07, 6.45) is 2.65. The van der Waals surface area contributed by atoms with Crippen LogP contribution in [0.15, 0.2) is 76.6 Å². The number of aromatic hydroxyl groups is 1. The van der Waals surface area contributed by atoms with Crippen LogP contribution in [0.1, 0.15) is 30.0 Å². The van der Waals surface area contributed by atoms with Gasteiger partial charge in [-0.3, -0.25) is 9.69 Å². The molecule has 1 fully saturated rings. The Morgan fingerprint density at radius 2 is 1.76 bits per heavy atom. The van der Waals surface area contributed by atoms with Crippen LogP contribution >= 0.6 is 11.8 Å². The second-order valence-corrected chi connectivity index (χ2v) is 8.80. The van der Waals surface area contributed by atoms with E-state index in [1.807, 2.05) is 75.4 Å². The number of ether oxygens (including phenoxy) is 1. The molecule has 1 heterocycles. The number of carbonyl (C=O) groups excluding carboxylic acids is 1. The molecule has 4 rings (SSSR count). The Kier molecular flexibility index (Phi) is 6.84. The topological polar surface area (TPSA) is 62.1 Å². The molecule has 1 aliphatic heterocycles. The van der Waals surface area contributed by atoms with Gasteiger partial charge in [0.05, 0.1) is 22.9 Å². The number of phenolic OH excluding ortho intramolecular Hbond substituents is 1. The molecule has 0 saturated carbocycles. The van der Waals surface area contributed by atoms with E-state index in [-0.39, 0.29) is 11.7 Å². The standard InChI is InChI=1S/C27H26N2O3S/c1-4-15-32-24-16-20(13-14-23(24)30)17-25-26(31)29(22-12-8-6-10-19(22)3)27(33-25)28-21-11-7-5-9-18(21)2/h5-14,16-17,30H,4,15H2,1-3H3/b25-17-,28-27-. The monoisotopic (exact) mass is 458 g/mol. The second kappa shape index (κ2) is 9.96. The lowest BCUT2D eigenvalue weighted by Gasteiger charge is -2.18. The van der Waals surface area contributed by atoms with Crippen LogP contribution in [0, 0.1) is 13.8 Å². The minimum absolute atomic E-state index is 0.0827. The van der Waals surface area contributed by atoms with Crippen molar-refractivity contribution in [3.8, 4) is 11.5 Å². The van der Waals surface area contributed by atoms with Crippen molar-refractivity contribution in [2.45, 2.75) is 27.2 Å². The highest BCUT2D eigenvalue weighted by atomic mass is 32.2. The average Bonchev–Trinajstić information content (AvgIpc) is 3.10. The molecule has 1 amide bonds. The molecule has 3 aromatic rings. The molecule has 168 valence electrons. The van der Waals surface area contributed by atoms with E-state index in [0.717, 1.165) is 34.5 Å². The van der Waals surface area contributed by atoms with E-state index >= 15 is 0 Å². The fourth-order valence-corrected chi connectivity index (χ4v) is 4.45. The Morgan fingerprint density at radius 3 is 2.48 bits per heavy atom. The molecule has 0 spiro atoms. The molecule has 33 heavy (non-hydrogen) atoms. The Morgan fingerprint density at radius 1 is 1.03 bits per heavy atom. The summed E-state index contributed by atoms with van der Waals surface area (Å²) in [5, 5.41) is 10.7. The van der Waals surface area contributed by atoms with Crippen LogP contribution in [0.25, 0.3) is 6.08 Å². The molecular weight excluding hydrogens is 432 g/mol. The van der Waals surface area contributed by atoms with Crippen molar-refractivity contribution in [1.29, 1.82) is 0 Å². The first-order chi connectivity index (χ1) is 16.0. The van der Waals surface area contributed by atoms with E-state index in [4.69, 9.17) is 9.73 Å². The first kappa shape index (κ1) is 22.7. The Balaban J connectivity index is 1.77. The van der Waals surface area contributed by atoms with Gasteiger partial charge >= 0.3 is 0 Å². The molecule has 0 radical (unpaired) electrons. The maximum Gasteiger partial charge on any atom is 0.271 e. The van der Waals surface area contributed by atoms with E-state index in [9.17, 15) is 9.90 Å². The molecule has 0 unspecified atom stereocenters.